The Balaban J connectivity index is 1.62. The zero-order valence-electron chi connectivity index (χ0n) is 14.9. The maximum absolute atomic E-state index is 12.2. The normalized spacial score (nSPS) is 18.7. The van der Waals surface area contributed by atoms with Crippen LogP contribution in [0.5, 0.6) is 0 Å². The number of nitrogens with zero attached hydrogens (tertiary/aromatic N) is 5. The van der Waals surface area contributed by atoms with E-state index < -0.39 is 0 Å². The molecule has 1 aliphatic rings. The fourth-order valence-corrected chi connectivity index (χ4v) is 4.21. The lowest BCUT2D eigenvalue weighted by Crippen LogP contribution is -2.39. The SMILES string of the molecule is CC(=O)N(Cc1cncnc1)[C@H]1CCCN(Cc2scnc2C)CC1. The largest absolute Gasteiger partial charge is 0.335 e. The predicted octanol–water partition coefficient (Wildman–Crippen LogP) is 2.64. The van der Waals surface area contributed by atoms with Gasteiger partial charge in [-0.15, -0.1) is 11.3 Å². The van der Waals surface area contributed by atoms with Gasteiger partial charge in [-0.2, -0.15) is 0 Å². The molecule has 2 aromatic heterocycles. The zero-order valence-corrected chi connectivity index (χ0v) is 15.7. The van der Waals surface area contributed by atoms with Crippen LogP contribution in [-0.2, 0) is 17.9 Å². The standard InChI is InChI=1S/C18H25N5OS/c1-14-18(25-13-21-14)11-22-6-3-4-17(5-7-22)23(15(2)24)10-16-8-19-12-20-9-16/h8-9,12-13,17H,3-7,10-11H2,1-2H3/t17-/m0/s1. The van der Waals surface area contributed by atoms with Gasteiger partial charge in [0.1, 0.15) is 6.33 Å². The summed E-state index contributed by atoms with van der Waals surface area (Å²) in [6.45, 7) is 7.38. The fourth-order valence-electron chi connectivity index (χ4n) is 3.39. The fraction of sp³-hybridized carbons (Fsp3) is 0.556. The van der Waals surface area contributed by atoms with Crippen LogP contribution in [0.2, 0.25) is 0 Å². The number of aryl methyl sites for hydroxylation is 1. The summed E-state index contributed by atoms with van der Waals surface area (Å²) in [5, 5.41) is 0. The van der Waals surface area contributed by atoms with Crippen molar-refractivity contribution in [2.45, 2.75) is 52.2 Å². The Kier molecular flexibility index (Phi) is 6.09. The van der Waals surface area contributed by atoms with E-state index >= 15 is 0 Å². The summed E-state index contributed by atoms with van der Waals surface area (Å²) < 4.78 is 0. The van der Waals surface area contributed by atoms with Crippen molar-refractivity contribution in [1.82, 2.24) is 24.8 Å². The number of amides is 1. The highest BCUT2D eigenvalue weighted by atomic mass is 32.1. The van der Waals surface area contributed by atoms with Crippen molar-refractivity contribution in [2.24, 2.45) is 0 Å². The Bertz CT molecular complexity index is 690. The average Bonchev–Trinajstić information content (AvgIpc) is 2.87. The number of rotatable bonds is 5. The third-order valence-electron chi connectivity index (χ3n) is 4.81. The van der Waals surface area contributed by atoms with Gasteiger partial charge in [0, 0.05) is 55.4 Å². The molecule has 1 aliphatic heterocycles. The lowest BCUT2D eigenvalue weighted by molar-refractivity contribution is -0.132. The molecule has 134 valence electrons. The van der Waals surface area contributed by atoms with E-state index in [0.29, 0.717) is 6.54 Å². The molecule has 0 spiro atoms. The minimum absolute atomic E-state index is 0.126. The van der Waals surface area contributed by atoms with Crippen molar-refractivity contribution >= 4 is 17.2 Å². The summed E-state index contributed by atoms with van der Waals surface area (Å²) in [7, 11) is 0. The van der Waals surface area contributed by atoms with Crippen molar-refractivity contribution in [2.75, 3.05) is 13.1 Å². The highest BCUT2D eigenvalue weighted by molar-refractivity contribution is 7.09. The third-order valence-corrected chi connectivity index (χ3v) is 5.73. The van der Waals surface area contributed by atoms with E-state index in [1.807, 2.05) is 10.4 Å². The van der Waals surface area contributed by atoms with Gasteiger partial charge in [-0.3, -0.25) is 9.69 Å². The first-order valence-corrected chi connectivity index (χ1v) is 9.64. The number of aromatic nitrogens is 3. The smallest absolute Gasteiger partial charge is 0.219 e. The number of hydrogen-bond acceptors (Lipinski definition) is 6. The molecule has 3 rings (SSSR count). The molecule has 1 amide bonds. The second-order valence-electron chi connectivity index (χ2n) is 6.62. The summed E-state index contributed by atoms with van der Waals surface area (Å²) >= 11 is 1.73. The number of carbonyl (C=O) groups excluding carboxylic acids is 1. The molecular formula is C18H25N5OS. The summed E-state index contributed by atoms with van der Waals surface area (Å²) in [6, 6.07) is 0.283. The number of carbonyl (C=O) groups is 1. The monoisotopic (exact) mass is 359 g/mol. The van der Waals surface area contributed by atoms with Crippen LogP contribution < -0.4 is 0 Å². The first-order chi connectivity index (χ1) is 12.1. The second-order valence-corrected chi connectivity index (χ2v) is 7.55. The summed E-state index contributed by atoms with van der Waals surface area (Å²) in [5.41, 5.74) is 4.05. The van der Waals surface area contributed by atoms with Gasteiger partial charge in [-0.1, -0.05) is 0 Å². The van der Waals surface area contributed by atoms with Crippen LogP contribution in [0.4, 0.5) is 0 Å². The third kappa shape index (κ3) is 4.83. The average molecular weight is 359 g/mol. The quantitative estimate of drug-likeness (QED) is 0.821. The molecule has 2 aromatic rings. The maximum Gasteiger partial charge on any atom is 0.219 e. The molecule has 0 bridgehead atoms. The van der Waals surface area contributed by atoms with Crippen molar-refractivity contribution in [3.63, 3.8) is 0 Å². The van der Waals surface area contributed by atoms with E-state index in [0.717, 1.165) is 50.2 Å². The molecule has 1 saturated heterocycles. The van der Waals surface area contributed by atoms with Crippen LogP contribution in [0.3, 0.4) is 0 Å². The number of likely N-dealkylation sites (tertiary alicyclic amines) is 1. The minimum atomic E-state index is 0.126. The van der Waals surface area contributed by atoms with Gasteiger partial charge in [0.05, 0.1) is 11.2 Å². The van der Waals surface area contributed by atoms with Gasteiger partial charge in [0.2, 0.25) is 5.91 Å². The highest BCUT2D eigenvalue weighted by Gasteiger charge is 2.25. The molecule has 25 heavy (non-hydrogen) atoms. The molecule has 7 heteroatoms. The zero-order chi connectivity index (χ0) is 17.6. The molecule has 0 aliphatic carbocycles. The van der Waals surface area contributed by atoms with Crippen LogP contribution in [0, 0.1) is 6.92 Å². The lowest BCUT2D eigenvalue weighted by Gasteiger charge is -2.30. The van der Waals surface area contributed by atoms with E-state index in [4.69, 9.17) is 0 Å². The summed E-state index contributed by atoms with van der Waals surface area (Å²) in [6.07, 6.45) is 8.26. The predicted molar refractivity (Wildman–Crippen MR) is 98.0 cm³/mol. The minimum Gasteiger partial charge on any atom is -0.335 e. The molecule has 0 radical (unpaired) electrons. The van der Waals surface area contributed by atoms with Crippen LogP contribution in [0.15, 0.2) is 24.2 Å². The Morgan fingerprint density at radius 1 is 1.32 bits per heavy atom. The van der Waals surface area contributed by atoms with Crippen LogP contribution in [-0.4, -0.2) is 49.8 Å². The molecule has 1 fully saturated rings. The summed E-state index contributed by atoms with van der Waals surface area (Å²) in [5.74, 6) is 0.126. The Morgan fingerprint density at radius 3 is 2.80 bits per heavy atom. The van der Waals surface area contributed by atoms with Gasteiger partial charge < -0.3 is 4.90 Å². The molecule has 0 saturated carbocycles. The molecule has 6 nitrogen and oxygen atoms in total. The molecule has 1 atom stereocenters. The topological polar surface area (TPSA) is 62.2 Å². The Labute approximate surface area is 152 Å². The van der Waals surface area contributed by atoms with Crippen molar-refractivity contribution in [3.8, 4) is 0 Å². The van der Waals surface area contributed by atoms with Gasteiger partial charge >= 0.3 is 0 Å². The van der Waals surface area contributed by atoms with Gasteiger partial charge in [0.15, 0.2) is 0 Å². The molecule has 0 unspecified atom stereocenters. The lowest BCUT2D eigenvalue weighted by atomic mass is 10.1. The maximum atomic E-state index is 12.2. The molecule has 0 N–H and O–H groups in total. The van der Waals surface area contributed by atoms with Crippen molar-refractivity contribution in [3.05, 3.63) is 40.4 Å². The van der Waals surface area contributed by atoms with Crippen molar-refractivity contribution < 1.29 is 4.79 Å². The van der Waals surface area contributed by atoms with E-state index in [-0.39, 0.29) is 11.9 Å². The second kappa shape index (κ2) is 8.49. The Morgan fingerprint density at radius 2 is 2.12 bits per heavy atom. The first-order valence-electron chi connectivity index (χ1n) is 8.76. The Hall–Kier alpha value is -1.86. The van der Waals surface area contributed by atoms with E-state index in [9.17, 15) is 4.79 Å². The summed E-state index contributed by atoms with van der Waals surface area (Å²) in [4.78, 5) is 30.5. The van der Waals surface area contributed by atoms with Gasteiger partial charge in [-0.25, -0.2) is 15.0 Å². The molecular weight excluding hydrogens is 334 g/mol. The number of hydrogen-bond donors (Lipinski definition) is 0. The number of thiazole rings is 1. The van der Waals surface area contributed by atoms with Gasteiger partial charge in [0.25, 0.3) is 0 Å². The van der Waals surface area contributed by atoms with E-state index in [2.05, 4.69) is 26.8 Å². The van der Waals surface area contributed by atoms with Crippen LogP contribution in [0.1, 0.15) is 42.3 Å². The van der Waals surface area contributed by atoms with E-state index in [1.165, 1.54) is 11.2 Å². The molecule has 0 aromatic carbocycles. The van der Waals surface area contributed by atoms with Crippen molar-refractivity contribution in [1.29, 1.82) is 0 Å². The molecule has 3 heterocycles. The first kappa shape index (κ1) is 17.9. The van der Waals surface area contributed by atoms with E-state index in [1.54, 1.807) is 30.7 Å². The highest BCUT2D eigenvalue weighted by Crippen LogP contribution is 2.22. The van der Waals surface area contributed by atoms with Gasteiger partial charge in [-0.05, 0) is 32.7 Å². The van der Waals surface area contributed by atoms with Crippen LogP contribution in [0.25, 0.3) is 0 Å². The van der Waals surface area contributed by atoms with Crippen LogP contribution >= 0.6 is 11.3 Å².